The molecule has 1 aliphatic heterocycles. The largest absolute Gasteiger partial charge is 0.392 e. The van der Waals surface area contributed by atoms with Gasteiger partial charge in [0.2, 0.25) is 0 Å². The molecule has 1 saturated heterocycles. The molecule has 1 heterocycles. The lowest BCUT2D eigenvalue weighted by atomic mass is 10.0. The van der Waals surface area contributed by atoms with E-state index in [0.717, 1.165) is 6.42 Å². The van der Waals surface area contributed by atoms with E-state index in [0.29, 0.717) is 12.1 Å². The second-order valence-corrected chi connectivity index (χ2v) is 5.69. The van der Waals surface area contributed by atoms with Crippen LogP contribution in [0.1, 0.15) is 38.5 Å². The van der Waals surface area contributed by atoms with Gasteiger partial charge in [-0.25, -0.2) is 0 Å². The van der Waals surface area contributed by atoms with Gasteiger partial charge in [0.25, 0.3) is 0 Å². The third-order valence-electron chi connectivity index (χ3n) is 3.36. The second-order valence-electron chi connectivity index (χ2n) is 4.54. The van der Waals surface area contributed by atoms with E-state index in [2.05, 4.69) is 5.32 Å². The molecule has 2 rings (SSSR count). The van der Waals surface area contributed by atoms with Crippen molar-refractivity contribution < 1.29 is 5.11 Å². The SMILES string of the molecule is O[C@@H]1CCCCC[C@H]1NC1CCSC1. The van der Waals surface area contributed by atoms with Gasteiger partial charge in [0.15, 0.2) is 0 Å². The minimum Gasteiger partial charge on any atom is -0.392 e. The summed E-state index contributed by atoms with van der Waals surface area (Å²) in [6.07, 6.45) is 7.15. The van der Waals surface area contributed by atoms with Gasteiger partial charge < -0.3 is 10.4 Å². The molecule has 0 aromatic heterocycles. The monoisotopic (exact) mass is 215 g/mol. The summed E-state index contributed by atoms with van der Waals surface area (Å²) in [5.74, 6) is 2.53. The van der Waals surface area contributed by atoms with Gasteiger partial charge in [-0.1, -0.05) is 19.3 Å². The lowest BCUT2D eigenvalue weighted by Crippen LogP contribution is -2.45. The summed E-state index contributed by atoms with van der Waals surface area (Å²) in [5.41, 5.74) is 0. The fourth-order valence-electron chi connectivity index (χ4n) is 2.45. The van der Waals surface area contributed by atoms with E-state index in [-0.39, 0.29) is 6.10 Å². The Labute approximate surface area is 90.8 Å². The highest BCUT2D eigenvalue weighted by Gasteiger charge is 2.25. The molecule has 0 radical (unpaired) electrons. The summed E-state index contributed by atoms with van der Waals surface area (Å²) in [6.45, 7) is 0. The van der Waals surface area contributed by atoms with Gasteiger partial charge >= 0.3 is 0 Å². The summed E-state index contributed by atoms with van der Waals surface area (Å²) in [4.78, 5) is 0. The first-order chi connectivity index (χ1) is 6.86. The zero-order chi connectivity index (χ0) is 9.80. The molecule has 2 aliphatic rings. The number of hydrogen-bond donors (Lipinski definition) is 2. The van der Waals surface area contributed by atoms with Crippen molar-refractivity contribution in [2.75, 3.05) is 11.5 Å². The third-order valence-corrected chi connectivity index (χ3v) is 4.52. The quantitative estimate of drug-likeness (QED) is 0.689. The van der Waals surface area contributed by atoms with Gasteiger partial charge in [-0.2, -0.15) is 11.8 Å². The van der Waals surface area contributed by atoms with Gasteiger partial charge in [0.05, 0.1) is 6.10 Å². The Morgan fingerprint density at radius 3 is 2.71 bits per heavy atom. The molecule has 0 aromatic carbocycles. The number of aliphatic hydroxyl groups is 1. The lowest BCUT2D eigenvalue weighted by Gasteiger charge is -2.25. The highest BCUT2D eigenvalue weighted by molar-refractivity contribution is 7.99. The molecular weight excluding hydrogens is 194 g/mol. The van der Waals surface area contributed by atoms with E-state index in [9.17, 15) is 5.11 Å². The van der Waals surface area contributed by atoms with Crippen molar-refractivity contribution in [3.05, 3.63) is 0 Å². The molecular formula is C11H21NOS. The summed E-state index contributed by atoms with van der Waals surface area (Å²) >= 11 is 2.03. The standard InChI is InChI=1S/C11H21NOS/c13-11-5-3-1-2-4-10(11)12-9-6-7-14-8-9/h9-13H,1-8H2/t9?,10-,11-/m1/s1. The van der Waals surface area contributed by atoms with Crippen LogP contribution in [-0.4, -0.2) is 34.8 Å². The number of nitrogens with one attached hydrogen (secondary N) is 1. The molecule has 2 nitrogen and oxygen atoms in total. The lowest BCUT2D eigenvalue weighted by molar-refractivity contribution is 0.115. The average molecular weight is 215 g/mol. The molecule has 2 fully saturated rings. The predicted molar refractivity (Wildman–Crippen MR) is 61.7 cm³/mol. The number of thioether (sulfide) groups is 1. The Hall–Kier alpha value is 0.270. The smallest absolute Gasteiger partial charge is 0.0693 e. The summed E-state index contributed by atoms with van der Waals surface area (Å²) in [6, 6.07) is 1.04. The van der Waals surface area contributed by atoms with Crippen LogP contribution in [0.5, 0.6) is 0 Å². The molecule has 3 atom stereocenters. The Balaban J connectivity index is 1.81. The van der Waals surface area contributed by atoms with Gasteiger partial charge in [0, 0.05) is 17.8 Å². The maximum Gasteiger partial charge on any atom is 0.0693 e. The summed E-state index contributed by atoms with van der Waals surface area (Å²) in [5, 5.41) is 13.6. The van der Waals surface area contributed by atoms with Crippen LogP contribution in [0, 0.1) is 0 Å². The van der Waals surface area contributed by atoms with Crippen LogP contribution in [0.3, 0.4) is 0 Å². The van der Waals surface area contributed by atoms with Crippen LogP contribution in [0.25, 0.3) is 0 Å². The van der Waals surface area contributed by atoms with Crippen molar-refractivity contribution in [3.63, 3.8) is 0 Å². The molecule has 1 aliphatic carbocycles. The first kappa shape index (κ1) is 10.8. The predicted octanol–water partition coefficient (Wildman–Crippen LogP) is 1.78. The Morgan fingerprint density at radius 2 is 1.93 bits per heavy atom. The van der Waals surface area contributed by atoms with Crippen molar-refractivity contribution in [3.8, 4) is 0 Å². The Kier molecular flexibility index (Phi) is 4.14. The van der Waals surface area contributed by atoms with E-state index in [1.54, 1.807) is 0 Å². The molecule has 0 aromatic rings. The van der Waals surface area contributed by atoms with Crippen molar-refractivity contribution in [1.82, 2.24) is 5.32 Å². The van der Waals surface area contributed by atoms with Gasteiger partial charge in [-0.3, -0.25) is 0 Å². The molecule has 3 heteroatoms. The highest BCUT2D eigenvalue weighted by Crippen LogP contribution is 2.22. The van der Waals surface area contributed by atoms with Gasteiger partial charge in [-0.05, 0) is 25.0 Å². The van der Waals surface area contributed by atoms with Gasteiger partial charge in [0.1, 0.15) is 0 Å². The van der Waals surface area contributed by atoms with Gasteiger partial charge in [-0.15, -0.1) is 0 Å². The molecule has 0 amide bonds. The zero-order valence-corrected chi connectivity index (χ0v) is 9.56. The van der Waals surface area contributed by atoms with Crippen LogP contribution in [0.2, 0.25) is 0 Å². The summed E-state index contributed by atoms with van der Waals surface area (Å²) < 4.78 is 0. The van der Waals surface area contributed by atoms with E-state index >= 15 is 0 Å². The maximum absolute atomic E-state index is 9.94. The molecule has 1 saturated carbocycles. The number of rotatable bonds is 2. The first-order valence-electron chi connectivity index (χ1n) is 5.88. The minimum atomic E-state index is -0.0944. The Morgan fingerprint density at radius 1 is 1.07 bits per heavy atom. The van der Waals surface area contributed by atoms with E-state index < -0.39 is 0 Å². The molecule has 1 unspecified atom stereocenters. The van der Waals surface area contributed by atoms with Crippen molar-refractivity contribution in [2.24, 2.45) is 0 Å². The Bertz CT molecular complexity index is 171. The molecule has 0 spiro atoms. The fraction of sp³-hybridized carbons (Fsp3) is 1.00. The minimum absolute atomic E-state index is 0.0944. The zero-order valence-electron chi connectivity index (χ0n) is 8.74. The number of hydrogen-bond acceptors (Lipinski definition) is 3. The van der Waals surface area contributed by atoms with Crippen LogP contribution in [-0.2, 0) is 0 Å². The normalized spacial score (nSPS) is 39.6. The van der Waals surface area contributed by atoms with Crippen molar-refractivity contribution in [2.45, 2.75) is 56.7 Å². The van der Waals surface area contributed by atoms with Crippen LogP contribution < -0.4 is 5.32 Å². The third kappa shape index (κ3) is 2.88. The van der Waals surface area contributed by atoms with Crippen LogP contribution in [0.4, 0.5) is 0 Å². The van der Waals surface area contributed by atoms with E-state index in [4.69, 9.17) is 0 Å². The van der Waals surface area contributed by atoms with Crippen LogP contribution >= 0.6 is 11.8 Å². The number of aliphatic hydroxyl groups excluding tert-OH is 1. The maximum atomic E-state index is 9.94. The topological polar surface area (TPSA) is 32.3 Å². The van der Waals surface area contributed by atoms with Crippen molar-refractivity contribution >= 4 is 11.8 Å². The molecule has 82 valence electrons. The highest BCUT2D eigenvalue weighted by atomic mass is 32.2. The fourth-order valence-corrected chi connectivity index (χ4v) is 3.62. The second kappa shape index (κ2) is 5.38. The average Bonchev–Trinajstić information content (AvgIpc) is 2.60. The molecule has 0 bridgehead atoms. The van der Waals surface area contributed by atoms with E-state index in [1.165, 1.54) is 43.6 Å². The van der Waals surface area contributed by atoms with E-state index in [1.807, 2.05) is 11.8 Å². The molecule has 2 N–H and O–H groups in total. The summed E-state index contributed by atoms with van der Waals surface area (Å²) in [7, 11) is 0. The first-order valence-corrected chi connectivity index (χ1v) is 7.03. The van der Waals surface area contributed by atoms with Crippen LogP contribution in [0.15, 0.2) is 0 Å². The molecule has 14 heavy (non-hydrogen) atoms. The van der Waals surface area contributed by atoms with Crippen molar-refractivity contribution in [1.29, 1.82) is 0 Å².